The molecule has 12 rings (SSSR count). The molecule has 10 aromatic carbocycles. The van der Waals surface area contributed by atoms with Crippen LogP contribution in [0.15, 0.2) is 154 Å². The molecule has 2 heterocycles. The van der Waals surface area contributed by atoms with Crippen molar-refractivity contribution in [1.29, 1.82) is 0 Å². The van der Waals surface area contributed by atoms with Gasteiger partial charge < -0.3 is 18.6 Å². The van der Waals surface area contributed by atoms with Crippen LogP contribution in [0.4, 0.5) is 34.1 Å². The maximum Gasteiger partial charge on any atom is 0.159 e. The Morgan fingerprint density at radius 3 is 1.04 bits per heavy atom. The summed E-state index contributed by atoms with van der Waals surface area (Å²) in [5, 5.41) is 11.8. The van der Waals surface area contributed by atoms with Crippen molar-refractivity contribution in [3.63, 3.8) is 0 Å². The average molecular weight is 885 g/mol. The Kier molecular flexibility index (Phi) is 9.54. The van der Waals surface area contributed by atoms with Crippen molar-refractivity contribution in [1.82, 2.24) is 0 Å². The lowest BCUT2D eigenvalue weighted by Gasteiger charge is -2.30. The van der Waals surface area contributed by atoms with Gasteiger partial charge in [-0.3, -0.25) is 0 Å². The summed E-state index contributed by atoms with van der Waals surface area (Å²) >= 11 is 0. The van der Waals surface area contributed by atoms with E-state index < -0.39 is 0 Å². The molecular formula is C64H56N2O2. The van der Waals surface area contributed by atoms with Crippen molar-refractivity contribution in [2.24, 2.45) is 0 Å². The van der Waals surface area contributed by atoms with Gasteiger partial charge in [-0.1, -0.05) is 125 Å². The van der Waals surface area contributed by atoms with E-state index in [0.717, 1.165) is 78.0 Å². The van der Waals surface area contributed by atoms with Crippen molar-refractivity contribution in [3.8, 4) is 0 Å². The summed E-state index contributed by atoms with van der Waals surface area (Å²) in [6.07, 6.45) is 0. The topological polar surface area (TPSA) is 32.8 Å². The van der Waals surface area contributed by atoms with Gasteiger partial charge in [0.1, 0.15) is 11.2 Å². The van der Waals surface area contributed by atoms with E-state index in [4.69, 9.17) is 8.83 Å². The van der Waals surface area contributed by atoms with Crippen LogP contribution >= 0.6 is 0 Å². The Labute approximate surface area is 398 Å². The molecule has 0 fully saturated rings. The zero-order valence-electron chi connectivity index (χ0n) is 40.7. The first-order valence-corrected chi connectivity index (χ1v) is 24.2. The minimum absolute atomic E-state index is 0.322. The fraction of sp³-hybridized carbons (Fsp3) is 0.188. The first kappa shape index (κ1) is 41.8. The Morgan fingerprint density at radius 1 is 0.338 bits per heavy atom. The summed E-state index contributed by atoms with van der Waals surface area (Å²) in [5.74, 6) is 0.644. The second kappa shape index (κ2) is 15.5. The number of hydrogen-bond acceptors (Lipinski definition) is 4. The van der Waals surface area contributed by atoms with Crippen molar-refractivity contribution >= 4 is 110 Å². The molecule has 0 aliphatic carbocycles. The summed E-state index contributed by atoms with van der Waals surface area (Å²) in [7, 11) is 0. The van der Waals surface area contributed by atoms with Gasteiger partial charge in [0.15, 0.2) is 11.2 Å². The summed E-state index contributed by atoms with van der Waals surface area (Å²) in [6, 6.07) is 54.3. The van der Waals surface area contributed by atoms with Crippen LogP contribution < -0.4 is 9.80 Å². The standard InChI is InChI=1S/C64H56N2O2/c1-35(2)47-15-11-17-49-51-19-13-21-57(63(51)67-61(47)49)65(45-31-37(5)41(9)38(6)32-45)55-29-25-43-24-28-54-56(30-26-44-23-27-53(55)59(43)60(44)54)66(46-33-39(7)42(10)40(8)34-46)58-22-14-20-52-50-18-12-16-48(36(3)4)62(50)68-64(52)58/h11-36H,1-10H3. The van der Waals surface area contributed by atoms with E-state index in [0.29, 0.717) is 11.8 Å². The second-order valence-electron chi connectivity index (χ2n) is 19.9. The van der Waals surface area contributed by atoms with Crippen LogP contribution in [-0.2, 0) is 0 Å². The smallest absolute Gasteiger partial charge is 0.159 e. The lowest BCUT2D eigenvalue weighted by Crippen LogP contribution is -2.13. The summed E-state index contributed by atoms with van der Waals surface area (Å²) in [6.45, 7) is 22.3. The molecule has 0 bridgehead atoms. The largest absolute Gasteiger partial charge is 0.454 e. The van der Waals surface area contributed by atoms with Gasteiger partial charge in [0.05, 0.1) is 22.7 Å². The van der Waals surface area contributed by atoms with E-state index in [1.165, 1.54) is 76.8 Å². The van der Waals surface area contributed by atoms with Crippen LogP contribution in [0.25, 0.3) is 76.2 Å². The third-order valence-electron chi connectivity index (χ3n) is 15.2. The zero-order chi connectivity index (χ0) is 46.9. The Morgan fingerprint density at radius 2 is 0.676 bits per heavy atom. The predicted octanol–water partition coefficient (Wildman–Crippen LogP) is 19.4. The summed E-state index contributed by atoms with van der Waals surface area (Å²) in [5.41, 5.74) is 20.2. The van der Waals surface area contributed by atoms with Crippen LogP contribution in [0.2, 0.25) is 0 Å². The molecule has 4 heteroatoms. The fourth-order valence-electron chi connectivity index (χ4n) is 11.2. The molecule has 0 saturated heterocycles. The van der Waals surface area contributed by atoms with Crippen LogP contribution in [0.3, 0.4) is 0 Å². The number of hydrogen-bond donors (Lipinski definition) is 0. The quantitative estimate of drug-likeness (QED) is 0.142. The number of para-hydroxylation sites is 4. The number of rotatable bonds is 8. The van der Waals surface area contributed by atoms with E-state index in [1.807, 2.05) is 0 Å². The molecule has 0 unspecified atom stereocenters. The normalized spacial score (nSPS) is 12.2. The Bertz CT molecular complexity index is 3700. The van der Waals surface area contributed by atoms with E-state index in [2.05, 4.69) is 225 Å². The molecule has 0 radical (unpaired) electrons. The molecule has 0 aliphatic heterocycles. The first-order chi connectivity index (χ1) is 32.9. The molecule has 0 aliphatic rings. The van der Waals surface area contributed by atoms with Crippen LogP contribution in [0.5, 0.6) is 0 Å². The van der Waals surface area contributed by atoms with Gasteiger partial charge in [-0.15, -0.1) is 0 Å². The van der Waals surface area contributed by atoms with Crippen LogP contribution in [-0.4, -0.2) is 0 Å². The van der Waals surface area contributed by atoms with Gasteiger partial charge in [0.2, 0.25) is 0 Å². The van der Waals surface area contributed by atoms with Gasteiger partial charge in [0.25, 0.3) is 0 Å². The van der Waals surface area contributed by atoms with E-state index >= 15 is 0 Å². The maximum absolute atomic E-state index is 7.07. The number of nitrogens with zero attached hydrogens (tertiary/aromatic N) is 2. The minimum Gasteiger partial charge on any atom is -0.454 e. The molecular weight excluding hydrogens is 829 g/mol. The number of benzene rings is 10. The van der Waals surface area contributed by atoms with Gasteiger partial charge in [-0.05, 0) is 168 Å². The van der Waals surface area contributed by atoms with E-state index in [9.17, 15) is 0 Å². The number of anilines is 6. The molecule has 2 aromatic heterocycles. The zero-order valence-corrected chi connectivity index (χ0v) is 40.7. The molecule has 0 spiro atoms. The summed E-state index contributed by atoms with van der Waals surface area (Å²) < 4.78 is 14.1. The maximum atomic E-state index is 7.07. The van der Waals surface area contributed by atoms with Crippen molar-refractivity contribution in [2.75, 3.05) is 9.80 Å². The molecule has 12 aromatic rings. The molecule has 0 amide bonds. The minimum atomic E-state index is 0.322. The predicted molar refractivity (Wildman–Crippen MR) is 291 cm³/mol. The fourth-order valence-corrected chi connectivity index (χ4v) is 11.2. The summed E-state index contributed by atoms with van der Waals surface area (Å²) in [4.78, 5) is 4.90. The third-order valence-corrected chi connectivity index (χ3v) is 15.2. The first-order valence-electron chi connectivity index (χ1n) is 24.2. The lowest BCUT2D eigenvalue weighted by atomic mass is 9.91. The Balaban J connectivity index is 1.15. The number of aryl methyl sites for hydroxylation is 4. The molecule has 0 N–H and O–H groups in total. The molecule has 334 valence electrons. The van der Waals surface area contributed by atoms with Gasteiger partial charge in [-0.2, -0.15) is 0 Å². The number of furan rings is 2. The average Bonchev–Trinajstić information content (AvgIpc) is 3.92. The van der Waals surface area contributed by atoms with Gasteiger partial charge >= 0.3 is 0 Å². The molecule has 4 nitrogen and oxygen atoms in total. The highest BCUT2D eigenvalue weighted by Gasteiger charge is 2.27. The van der Waals surface area contributed by atoms with Crippen molar-refractivity contribution < 1.29 is 8.83 Å². The SMILES string of the molecule is Cc1cc(N(c2ccc3ccc4c(N(c5cc(C)c(C)c(C)c5)c5cccc6c5oc5c(C(C)C)cccc56)ccc5ccc2c3c54)c2cccc3c2oc2c(C(C)C)cccc23)cc(C)c1C. The Hall–Kier alpha value is -7.56. The second-order valence-corrected chi connectivity index (χ2v) is 19.9. The molecule has 0 atom stereocenters. The van der Waals surface area contributed by atoms with E-state index in [-0.39, 0.29) is 0 Å². The highest BCUT2D eigenvalue weighted by atomic mass is 16.3. The van der Waals surface area contributed by atoms with Gasteiger partial charge in [-0.25, -0.2) is 0 Å². The molecule has 68 heavy (non-hydrogen) atoms. The number of fused-ring (bicyclic) bond motifs is 6. The van der Waals surface area contributed by atoms with Crippen LogP contribution in [0.1, 0.15) is 84.0 Å². The highest BCUT2D eigenvalue weighted by Crippen LogP contribution is 2.51. The van der Waals surface area contributed by atoms with Gasteiger partial charge in [0, 0.05) is 43.7 Å². The van der Waals surface area contributed by atoms with Crippen molar-refractivity contribution in [2.45, 2.75) is 81.1 Å². The third kappa shape index (κ3) is 6.19. The van der Waals surface area contributed by atoms with E-state index in [1.54, 1.807) is 0 Å². The lowest BCUT2D eigenvalue weighted by molar-refractivity contribution is 0.657. The van der Waals surface area contributed by atoms with Crippen LogP contribution in [0, 0.1) is 41.5 Å². The van der Waals surface area contributed by atoms with Crippen molar-refractivity contribution in [3.05, 3.63) is 190 Å². The monoisotopic (exact) mass is 884 g/mol. The highest BCUT2D eigenvalue weighted by molar-refractivity contribution is 6.29. The molecule has 0 saturated carbocycles.